The van der Waals surface area contributed by atoms with Crippen molar-refractivity contribution < 1.29 is 4.52 Å². The van der Waals surface area contributed by atoms with Crippen LogP contribution in [0.25, 0.3) is 0 Å². The Labute approximate surface area is 113 Å². The van der Waals surface area contributed by atoms with E-state index in [2.05, 4.69) is 20.3 Å². The Balaban J connectivity index is 2.03. The van der Waals surface area contributed by atoms with E-state index in [-0.39, 0.29) is 0 Å². The fourth-order valence-corrected chi connectivity index (χ4v) is 1.81. The first-order chi connectivity index (χ1) is 8.15. The van der Waals surface area contributed by atoms with Crippen molar-refractivity contribution in [3.63, 3.8) is 0 Å². The summed E-state index contributed by atoms with van der Waals surface area (Å²) in [6, 6.07) is 6.73. The molecular formula is C10H7Cl2N3OS. The van der Waals surface area contributed by atoms with E-state index in [0.717, 1.165) is 0 Å². The molecule has 0 bridgehead atoms. The summed E-state index contributed by atoms with van der Waals surface area (Å²) in [4.78, 5) is 0. The molecule has 1 aromatic carbocycles. The molecule has 17 heavy (non-hydrogen) atoms. The van der Waals surface area contributed by atoms with E-state index in [1.54, 1.807) is 24.3 Å². The summed E-state index contributed by atoms with van der Waals surface area (Å²) in [6.07, 6.45) is 1.44. The molecule has 0 saturated carbocycles. The van der Waals surface area contributed by atoms with E-state index in [9.17, 15) is 0 Å². The molecule has 0 amide bonds. The molecule has 1 aromatic heterocycles. The molecule has 0 saturated heterocycles. The summed E-state index contributed by atoms with van der Waals surface area (Å²) in [7, 11) is 0. The Bertz CT molecular complexity index is 530. The lowest BCUT2D eigenvalue weighted by atomic mass is 10.3. The van der Waals surface area contributed by atoms with Gasteiger partial charge in [0.2, 0.25) is 0 Å². The summed E-state index contributed by atoms with van der Waals surface area (Å²) in [5.41, 5.74) is 0.664. The maximum Gasteiger partial charge on any atom is 0.176 e. The van der Waals surface area contributed by atoms with Crippen LogP contribution in [0.5, 0.6) is 0 Å². The van der Waals surface area contributed by atoms with E-state index in [0.29, 0.717) is 26.7 Å². The van der Waals surface area contributed by atoms with E-state index in [4.69, 9.17) is 35.4 Å². The monoisotopic (exact) mass is 287 g/mol. The molecule has 4 nitrogen and oxygen atoms in total. The van der Waals surface area contributed by atoms with Gasteiger partial charge in [0.15, 0.2) is 10.9 Å². The zero-order valence-electron chi connectivity index (χ0n) is 8.41. The molecule has 0 atom stereocenters. The van der Waals surface area contributed by atoms with Crippen LogP contribution in [0.4, 0.5) is 11.5 Å². The quantitative estimate of drug-likeness (QED) is 0.823. The normalized spacial score (nSPS) is 10.0. The predicted octanol–water partition coefficient (Wildman–Crippen LogP) is 3.79. The third kappa shape index (κ3) is 3.33. The highest BCUT2D eigenvalue weighted by Gasteiger charge is 2.04. The topological polar surface area (TPSA) is 50.1 Å². The molecule has 0 radical (unpaired) electrons. The standard InChI is InChI=1S/C10H7Cl2N3OS/c11-6-1-2-8(7(12)5-6)13-10(17)14-9-3-4-16-15-9/h1-5H,(H2,13,14,15,17). The van der Waals surface area contributed by atoms with Gasteiger partial charge in [0.1, 0.15) is 6.26 Å². The first kappa shape index (κ1) is 12.2. The second-order valence-electron chi connectivity index (χ2n) is 3.09. The van der Waals surface area contributed by atoms with Crippen molar-refractivity contribution in [2.75, 3.05) is 10.6 Å². The minimum Gasteiger partial charge on any atom is -0.363 e. The largest absolute Gasteiger partial charge is 0.363 e. The summed E-state index contributed by atoms with van der Waals surface area (Å²) in [5.74, 6) is 0.521. The van der Waals surface area contributed by atoms with Gasteiger partial charge < -0.3 is 15.2 Å². The summed E-state index contributed by atoms with van der Waals surface area (Å²) in [5, 5.41) is 10.8. The fourth-order valence-electron chi connectivity index (χ4n) is 1.14. The minimum absolute atomic E-state index is 0.364. The van der Waals surface area contributed by atoms with Crippen LogP contribution < -0.4 is 10.6 Å². The summed E-state index contributed by atoms with van der Waals surface area (Å²) in [6.45, 7) is 0. The molecule has 0 fully saturated rings. The number of thiocarbonyl (C=S) groups is 1. The molecule has 1 heterocycles. The fraction of sp³-hybridized carbons (Fsp3) is 0. The van der Waals surface area contributed by atoms with Gasteiger partial charge in [-0.05, 0) is 30.4 Å². The molecule has 2 rings (SSSR count). The van der Waals surface area contributed by atoms with Gasteiger partial charge in [0.25, 0.3) is 0 Å². The molecule has 2 aromatic rings. The van der Waals surface area contributed by atoms with E-state index in [1.165, 1.54) is 6.26 Å². The highest BCUT2D eigenvalue weighted by atomic mass is 35.5. The Morgan fingerprint density at radius 2 is 2.06 bits per heavy atom. The van der Waals surface area contributed by atoms with Gasteiger partial charge in [-0.3, -0.25) is 0 Å². The second-order valence-corrected chi connectivity index (χ2v) is 4.34. The molecule has 88 valence electrons. The van der Waals surface area contributed by atoms with Gasteiger partial charge in [0.05, 0.1) is 10.7 Å². The van der Waals surface area contributed by atoms with E-state index >= 15 is 0 Å². The molecule has 0 aliphatic rings. The molecular weight excluding hydrogens is 281 g/mol. The average Bonchev–Trinajstić information content (AvgIpc) is 2.75. The Hall–Kier alpha value is -1.30. The van der Waals surface area contributed by atoms with Crippen molar-refractivity contribution >= 4 is 52.0 Å². The minimum atomic E-state index is 0.364. The first-order valence-electron chi connectivity index (χ1n) is 4.58. The Kier molecular flexibility index (Phi) is 3.83. The molecule has 7 heteroatoms. The lowest BCUT2D eigenvalue weighted by molar-refractivity contribution is 0.423. The van der Waals surface area contributed by atoms with Crippen LogP contribution in [-0.4, -0.2) is 10.3 Å². The van der Waals surface area contributed by atoms with Gasteiger partial charge in [0, 0.05) is 11.1 Å². The molecule has 0 unspecified atom stereocenters. The second kappa shape index (κ2) is 5.35. The van der Waals surface area contributed by atoms with Crippen LogP contribution in [0.1, 0.15) is 0 Å². The zero-order chi connectivity index (χ0) is 12.3. The lowest BCUT2D eigenvalue weighted by Crippen LogP contribution is -2.19. The van der Waals surface area contributed by atoms with Gasteiger partial charge in [-0.2, -0.15) is 0 Å². The molecule has 0 spiro atoms. The smallest absolute Gasteiger partial charge is 0.176 e. The van der Waals surface area contributed by atoms with Gasteiger partial charge >= 0.3 is 0 Å². The first-order valence-corrected chi connectivity index (χ1v) is 5.75. The number of aromatic nitrogens is 1. The summed E-state index contributed by atoms with van der Waals surface area (Å²) < 4.78 is 4.66. The van der Waals surface area contributed by atoms with Crippen molar-refractivity contribution in [1.29, 1.82) is 0 Å². The maximum absolute atomic E-state index is 5.99. The maximum atomic E-state index is 5.99. The van der Waals surface area contributed by atoms with Crippen LogP contribution in [0, 0.1) is 0 Å². The van der Waals surface area contributed by atoms with Crippen molar-refractivity contribution in [1.82, 2.24) is 5.16 Å². The number of nitrogens with zero attached hydrogens (tertiary/aromatic N) is 1. The third-order valence-corrected chi connectivity index (χ3v) is 2.61. The molecule has 2 N–H and O–H groups in total. The molecule has 0 aliphatic carbocycles. The number of hydrogen-bond acceptors (Lipinski definition) is 3. The number of benzene rings is 1. The van der Waals surface area contributed by atoms with Crippen LogP contribution in [0.3, 0.4) is 0 Å². The Morgan fingerprint density at radius 3 is 2.71 bits per heavy atom. The van der Waals surface area contributed by atoms with Gasteiger partial charge in [-0.25, -0.2) is 0 Å². The van der Waals surface area contributed by atoms with Crippen LogP contribution in [0.15, 0.2) is 35.1 Å². The van der Waals surface area contributed by atoms with Crippen molar-refractivity contribution in [2.45, 2.75) is 0 Å². The Morgan fingerprint density at radius 1 is 1.24 bits per heavy atom. The van der Waals surface area contributed by atoms with Gasteiger partial charge in [-0.1, -0.05) is 28.4 Å². The number of nitrogens with one attached hydrogen (secondary N) is 2. The number of halogens is 2. The van der Waals surface area contributed by atoms with Crippen molar-refractivity contribution in [3.05, 3.63) is 40.6 Å². The van der Waals surface area contributed by atoms with Crippen LogP contribution in [0.2, 0.25) is 10.0 Å². The number of rotatable bonds is 2. The van der Waals surface area contributed by atoms with E-state index < -0.39 is 0 Å². The van der Waals surface area contributed by atoms with Crippen molar-refractivity contribution in [3.8, 4) is 0 Å². The average molecular weight is 288 g/mol. The highest BCUT2D eigenvalue weighted by molar-refractivity contribution is 7.80. The highest BCUT2D eigenvalue weighted by Crippen LogP contribution is 2.25. The zero-order valence-corrected chi connectivity index (χ0v) is 10.7. The predicted molar refractivity (Wildman–Crippen MR) is 72.8 cm³/mol. The number of hydrogen-bond donors (Lipinski definition) is 2. The molecule has 0 aliphatic heterocycles. The summed E-state index contributed by atoms with van der Waals surface area (Å²) >= 11 is 16.9. The van der Waals surface area contributed by atoms with E-state index in [1.807, 2.05) is 0 Å². The SMILES string of the molecule is S=C(Nc1ccon1)Nc1ccc(Cl)cc1Cl. The third-order valence-electron chi connectivity index (χ3n) is 1.86. The van der Waals surface area contributed by atoms with Crippen LogP contribution in [-0.2, 0) is 0 Å². The van der Waals surface area contributed by atoms with Gasteiger partial charge in [-0.15, -0.1) is 0 Å². The number of anilines is 2. The lowest BCUT2D eigenvalue weighted by Gasteiger charge is -2.09. The van der Waals surface area contributed by atoms with Crippen molar-refractivity contribution in [2.24, 2.45) is 0 Å². The van der Waals surface area contributed by atoms with Crippen LogP contribution >= 0.6 is 35.4 Å².